The van der Waals surface area contributed by atoms with Crippen molar-refractivity contribution < 1.29 is 19.1 Å². The van der Waals surface area contributed by atoms with Crippen molar-refractivity contribution in [2.45, 2.75) is 13.1 Å². The van der Waals surface area contributed by atoms with Crippen molar-refractivity contribution in [1.29, 1.82) is 0 Å². The van der Waals surface area contributed by atoms with Crippen molar-refractivity contribution in [2.24, 2.45) is 0 Å². The molecule has 9 heteroatoms. The number of thiocarbonyl (C=S) groups is 1. The second-order valence-electron chi connectivity index (χ2n) is 8.05. The SMILES string of the molecule is O=C1NC(=S)SC1=Cc1ccc2c(c1)N(Cc1ccc(CN3CCOCC3)cc1)C(=O)CO2. The maximum absolute atomic E-state index is 12.7. The molecule has 0 bridgehead atoms. The number of fused-ring (bicyclic) bond motifs is 1. The predicted octanol–water partition coefficient (Wildman–Crippen LogP) is 2.93. The smallest absolute Gasteiger partial charge is 0.265 e. The molecule has 0 saturated carbocycles. The third-order valence-electron chi connectivity index (χ3n) is 5.74. The van der Waals surface area contributed by atoms with Crippen LogP contribution in [-0.4, -0.2) is 53.9 Å². The van der Waals surface area contributed by atoms with Crippen LogP contribution in [0.25, 0.3) is 6.08 Å². The van der Waals surface area contributed by atoms with Crippen LogP contribution in [0, 0.1) is 0 Å². The number of carbonyl (C=O) groups excluding carboxylic acids is 2. The van der Waals surface area contributed by atoms with Gasteiger partial charge in [-0.3, -0.25) is 14.5 Å². The van der Waals surface area contributed by atoms with Gasteiger partial charge in [-0.05, 0) is 34.9 Å². The van der Waals surface area contributed by atoms with E-state index < -0.39 is 0 Å². The summed E-state index contributed by atoms with van der Waals surface area (Å²) in [6, 6.07) is 14.0. The largest absolute Gasteiger partial charge is 0.482 e. The first-order valence-electron chi connectivity index (χ1n) is 10.8. The molecule has 0 radical (unpaired) electrons. The average molecular weight is 482 g/mol. The van der Waals surface area contributed by atoms with Crippen LogP contribution in [0.4, 0.5) is 5.69 Å². The minimum absolute atomic E-state index is 0.00901. The normalized spacial score (nSPS) is 20.1. The molecule has 2 aromatic carbocycles. The Morgan fingerprint density at radius 2 is 1.76 bits per heavy atom. The number of nitrogens with one attached hydrogen (secondary N) is 1. The van der Waals surface area contributed by atoms with E-state index in [2.05, 4.69) is 34.5 Å². The first kappa shape index (κ1) is 22.1. The highest BCUT2D eigenvalue weighted by atomic mass is 32.2. The Bertz CT molecular complexity index is 1130. The van der Waals surface area contributed by atoms with Gasteiger partial charge >= 0.3 is 0 Å². The number of nitrogens with zero attached hydrogens (tertiary/aromatic N) is 2. The predicted molar refractivity (Wildman–Crippen MR) is 132 cm³/mol. The highest BCUT2D eigenvalue weighted by Gasteiger charge is 2.27. The molecule has 0 atom stereocenters. The van der Waals surface area contributed by atoms with Gasteiger partial charge in [0.25, 0.3) is 11.8 Å². The highest BCUT2D eigenvalue weighted by molar-refractivity contribution is 8.26. The summed E-state index contributed by atoms with van der Waals surface area (Å²) in [6.45, 7) is 4.82. The van der Waals surface area contributed by atoms with Gasteiger partial charge in [0.2, 0.25) is 0 Å². The lowest BCUT2D eigenvalue weighted by Crippen LogP contribution is -2.38. The number of ether oxygens (including phenoxy) is 2. The molecule has 7 nitrogen and oxygen atoms in total. The van der Waals surface area contributed by atoms with E-state index in [1.165, 1.54) is 17.3 Å². The zero-order chi connectivity index (χ0) is 22.8. The highest BCUT2D eigenvalue weighted by Crippen LogP contribution is 2.35. The van der Waals surface area contributed by atoms with Crippen LogP contribution in [0.1, 0.15) is 16.7 Å². The lowest BCUT2D eigenvalue weighted by atomic mass is 10.1. The zero-order valence-electron chi connectivity index (χ0n) is 17.9. The van der Waals surface area contributed by atoms with E-state index in [-0.39, 0.29) is 18.4 Å². The van der Waals surface area contributed by atoms with Crippen molar-refractivity contribution >= 4 is 51.9 Å². The molecule has 2 aromatic rings. The molecule has 170 valence electrons. The van der Waals surface area contributed by atoms with Crippen molar-refractivity contribution in [3.8, 4) is 5.75 Å². The Labute approximate surface area is 201 Å². The molecule has 0 aromatic heterocycles. The molecule has 3 aliphatic heterocycles. The Morgan fingerprint density at radius 1 is 1.03 bits per heavy atom. The van der Waals surface area contributed by atoms with Crippen LogP contribution in [0.2, 0.25) is 0 Å². The van der Waals surface area contributed by atoms with Gasteiger partial charge < -0.3 is 19.7 Å². The summed E-state index contributed by atoms with van der Waals surface area (Å²) in [6.07, 6.45) is 1.78. The number of morpholine rings is 1. The summed E-state index contributed by atoms with van der Waals surface area (Å²) in [5, 5.41) is 2.62. The molecule has 3 heterocycles. The molecule has 2 fully saturated rings. The van der Waals surface area contributed by atoms with Crippen molar-refractivity contribution in [1.82, 2.24) is 10.2 Å². The minimum Gasteiger partial charge on any atom is -0.482 e. The van der Waals surface area contributed by atoms with E-state index in [0.29, 0.717) is 27.2 Å². The topological polar surface area (TPSA) is 71.1 Å². The van der Waals surface area contributed by atoms with Gasteiger partial charge in [0, 0.05) is 19.6 Å². The molecule has 0 aliphatic carbocycles. The first-order valence-corrected chi connectivity index (χ1v) is 12.0. The summed E-state index contributed by atoms with van der Waals surface area (Å²) < 4.78 is 11.5. The van der Waals surface area contributed by atoms with Crippen LogP contribution in [-0.2, 0) is 27.4 Å². The third-order valence-corrected chi connectivity index (χ3v) is 6.90. The summed E-state index contributed by atoms with van der Waals surface area (Å²) in [5.41, 5.74) is 3.79. The van der Waals surface area contributed by atoms with E-state index in [4.69, 9.17) is 21.7 Å². The monoisotopic (exact) mass is 481 g/mol. The number of amides is 2. The molecule has 2 amide bonds. The number of hydrogen-bond acceptors (Lipinski definition) is 7. The summed E-state index contributed by atoms with van der Waals surface area (Å²) in [5.74, 6) is 0.350. The molecular weight excluding hydrogens is 458 g/mol. The summed E-state index contributed by atoms with van der Waals surface area (Å²) in [7, 11) is 0. The van der Waals surface area contributed by atoms with E-state index in [0.717, 1.165) is 44.0 Å². The van der Waals surface area contributed by atoms with E-state index in [1.807, 2.05) is 18.2 Å². The van der Waals surface area contributed by atoms with Gasteiger partial charge in [0.1, 0.15) is 10.1 Å². The molecule has 0 unspecified atom stereocenters. The summed E-state index contributed by atoms with van der Waals surface area (Å²) >= 11 is 6.29. The Balaban J connectivity index is 1.34. The molecule has 0 spiro atoms. The lowest BCUT2D eigenvalue weighted by Gasteiger charge is -2.30. The number of thioether (sulfide) groups is 1. The second kappa shape index (κ2) is 9.64. The molecule has 33 heavy (non-hydrogen) atoms. The van der Waals surface area contributed by atoms with Crippen molar-refractivity contribution in [3.63, 3.8) is 0 Å². The minimum atomic E-state index is -0.205. The van der Waals surface area contributed by atoms with Crippen LogP contribution in [0.15, 0.2) is 47.4 Å². The Morgan fingerprint density at radius 3 is 2.45 bits per heavy atom. The quantitative estimate of drug-likeness (QED) is 0.520. The van der Waals surface area contributed by atoms with Crippen LogP contribution in [0.3, 0.4) is 0 Å². The number of benzene rings is 2. The van der Waals surface area contributed by atoms with Crippen LogP contribution in [0.5, 0.6) is 5.75 Å². The number of carbonyl (C=O) groups is 2. The van der Waals surface area contributed by atoms with Gasteiger partial charge in [0.15, 0.2) is 6.61 Å². The second-order valence-corrected chi connectivity index (χ2v) is 9.77. The first-order chi connectivity index (χ1) is 16.0. The zero-order valence-corrected chi connectivity index (χ0v) is 19.5. The van der Waals surface area contributed by atoms with Gasteiger partial charge in [-0.2, -0.15) is 0 Å². The molecule has 2 saturated heterocycles. The van der Waals surface area contributed by atoms with Gasteiger partial charge in [0.05, 0.1) is 30.4 Å². The van der Waals surface area contributed by atoms with E-state index >= 15 is 0 Å². The van der Waals surface area contributed by atoms with Crippen LogP contribution < -0.4 is 15.0 Å². The fourth-order valence-electron chi connectivity index (χ4n) is 4.00. The fraction of sp³-hybridized carbons (Fsp3) is 0.292. The Kier molecular flexibility index (Phi) is 6.45. The lowest BCUT2D eigenvalue weighted by molar-refractivity contribution is -0.121. The molecular formula is C24H23N3O4S2. The summed E-state index contributed by atoms with van der Waals surface area (Å²) in [4.78, 5) is 29.4. The van der Waals surface area contributed by atoms with Crippen LogP contribution >= 0.6 is 24.0 Å². The standard InChI is InChI=1S/C24H23N3O4S2/c28-22-15-31-20-6-5-18(12-21-23(29)25-24(32)33-21)11-19(20)27(22)14-17-3-1-16(2-4-17)13-26-7-9-30-10-8-26/h1-6,11-12H,7-10,13-15H2,(H,25,29,32). The third kappa shape index (κ3) is 5.11. The average Bonchev–Trinajstić information content (AvgIpc) is 3.14. The fourth-order valence-corrected chi connectivity index (χ4v) is 5.05. The number of hydrogen-bond donors (Lipinski definition) is 1. The maximum Gasteiger partial charge on any atom is 0.265 e. The molecule has 5 rings (SSSR count). The van der Waals surface area contributed by atoms with Gasteiger partial charge in [-0.1, -0.05) is 54.3 Å². The van der Waals surface area contributed by atoms with E-state index in [1.54, 1.807) is 11.0 Å². The van der Waals surface area contributed by atoms with Gasteiger partial charge in [-0.15, -0.1) is 0 Å². The van der Waals surface area contributed by atoms with Crippen molar-refractivity contribution in [2.75, 3.05) is 37.8 Å². The maximum atomic E-state index is 12.7. The van der Waals surface area contributed by atoms with E-state index in [9.17, 15) is 9.59 Å². The number of anilines is 1. The molecule has 3 aliphatic rings. The molecule has 1 N–H and O–H groups in total. The number of rotatable bonds is 5. The Hall–Kier alpha value is -2.72. The van der Waals surface area contributed by atoms with Crippen molar-refractivity contribution in [3.05, 3.63) is 64.1 Å². The van der Waals surface area contributed by atoms with Gasteiger partial charge in [-0.25, -0.2) is 0 Å².